The van der Waals surface area contributed by atoms with Gasteiger partial charge in [0.25, 0.3) is 11.7 Å². The first kappa shape index (κ1) is 23.8. The van der Waals surface area contributed by atoms with Gasteiger partial charge < -0.3 is 24.3 Å². The van der Waals surface area contributed by atoms with Crippen molar-refractivity contribution in [2.24, 2.45) is 0 Å². The van der Waals surface area contributed by atoms with Crippen molar-refractivity contribution < 1.29 is 38.1 Å². The first-order valence-corrected chi connectivity index (χ1v) is 9.42. The van der Waals surface area contributed by atoms with Gasteiger partial charge in [0.1, 0.15) is 5.75 Å². The van der Waals surface area contributed by atoms with Crippen LogP contribution in [0.15, 0.2) is 17.8 Å². The third-order valence-corrected chi connectivity index (χ3v) is 4.36. The van der Waals surface area contributed by atoms with Gasteiger partial charge in [-0.1, -0.05) is 11.6 Å². The minimum atomic E-state index is -1.40. The van der Waals surface area contributed by atoms with E-state index in [2.05, 4.69) is 20.9 Å². The van der Waals surface area contributed by atoms with E-state index in [1.165, 1.54) is 27.0 Å². The maximum atomic E-state index is 12.7. The summed E-state index contributed by atoms with van der Waals surface area (Å²) in [7, 11) is 1.34. The fourth-order valence-electron chi connectivity index (χ4n) is 2.57. The van der Waals surface area contributed by atoms with Crippen LogP contribution in [-0.4, -0.2) is 43.4 Å². The van der Waals surface area contributed by atoms with Crippen LogP contribution in [-0.2, 0) is 23.8 Å². The Morgan fingerprint density at radius 2 is 1.81 bits per heavy atom. The third-order valence-electron chi connectivity index (χ3n) is 3.97. The van der Waals surface area contributed by atoms with Gasteiger partial charge in [-0.05, 0) is 19.4 Å². The summed E-state index contributed by atoms with van der Waals surface area (Å²) in [4.78, 5) is 48.5. The van der Waals surface area contributed by atoms with Crippen molar-refractivity contribution in [1.82, 2.24) is 10.9 Å². The lowest BCUT2D eigenvalue weighted by Gasteiger charge is -2.29. The standard InChI is InChI=1S/C19H22ClN3O8/c1-6-29-18(27)23-22-15(24)13-9(2)11(20)7-12(28-5)14(13)21-8-10-16(25)30-19(3,4)31-17(10)26/h7-8,21H,6H2,1-5H3,(H,22,24)(H,23,27). The van der Waals surface area contributed by atoms with Gasteiger partial charge in [0.15, 0.2) is 5.57 Å². The molecule has 0 aliphatic carbocycles. The zero-order valence-corrected chi connectivity index (χ0v) is 18.3. The summed E-state index contributed by atoms with van der Waals surface area (Å²) in [5.74, 6) is -3.85. The second-order valence-corrected chi connectivity index (χ2v) is 7.02. The minimum absolute atomic E-state index is 0.0177. The smallest absolute Gasteiger partial charge is 0.426 e. The Labute approximate surface area is 183 Å². The number of nitrogens with one attached hydrogen (secondary N) is 3. The van der Waals surface area contributed by atoms with E-state index >= 15 is 0 Å². The van der Waals surface area contributed by atoms with Crippen LogP contribution < -0.4 is 20.9 Å². The number of methoxy groups -OCH3 is 1. The number of amides is 2. The summed E-state index contributed by atoms with van der Waals surface area (Å²) < 4.78 is 20.0. The van der Waals surface area contributed by atoms with Crippen LogP contribution in [0.2, 0.25) is 5.02 Å². The van der Waals surface area contributed by atoms with Gasteiger partial charge in [0, 0.05) is 31.1 Å². The molecule has 168 valence electrons. The molecule has 0 atom stereocenters. The normalized spacial score (nSPS) is 14.7. The molecule has 0 unspecified atom stereocenters. The molecule has 0 bridgehead atoms. The predicted molar refractivity (Wildman–Crippen MR) is 108 cm³/mol. The van der Waals surface area contributed by atoms with E-state index in [9.17, 15) is 19.2 Å². The highest BCUT2D eigenvalue weighted by Gasteiger charge is 2.39. The van der Waals surface area contributed by atoms with Crippen molar-refractivity contribution in [2.75, 3.05) is 19.0 Å². The van der Waals surface area contributed by atoms with Gasteiger partial charge in [-0.3, -0.25) is 10.2 Å². The molecule has 31 heavy (non-hydrogen) atoms. The van der Waals surface area contributed by atoms with Crippen LogP contribution >= 0.6 is 11.6 Å². The second-order valence-electron chi connectivity index (χ2n) is 6.62. The molecule has 3 N–H and O–H groups in total. The Kier molecular flexibility index (Phi) is 7.34. The van der Waals surface area contributed by atoms with Crippen LogP contribution in [0.1, 0.15) is 36.7 Å². The molecule has 2 rings (SSSR count). The van der Waals surface area contributed by atoms with Crippen molar-refractivity contribution in [3.63, 3.8) is 0 Å². The number of carbonyl (C=O) groups excluding carboxylic acids is 4. The van der Waals surface area contributed by atoms with E-state index < -0.39 is 35.3 Å². The van der Waals surface area contributed by atoms with E-state index in [1.54, 1.807) is 13.8 Å². The van der Waals surface area contributed by atoms with Crippen LogP contribution in [0.4, 0.5) is 10.5 Å². The monoisotopic (exact) mass is 455 g/mol. The summed E-state index contributed by atoms with van der Waals surface area (Å²) in [5, 5.41) is 2.90. The minimum Gasteiger partial charge on any atom is -0.494 e. The Morgan fingerprint density at radius 3 is 2.35 bits per heavy atom. The van der Waals surface area contributed by atoms with E-state index in [4.69, 9.17) is 25.8 Å². The first-order valence-electron chi connectivity index (χ1n) is 9.04. The molecule has 1 aliphatic heterocycles. The number of hydrogen-bond acceptors (Lipinski definition) is 9. The van der Waals surface area contributed by atoms with Gasteiger partial charge in [-0.25, -0.2) is 19.8 Å². The number of rotatable bonds is 5. The summed E-state index contributed by atoms with van der Waals surface area (Å²) in [6, 6.07) is 1.44. The van der Waals surface area contributed by atoms with E-state index in [0.29, 0.717) is 5.56 Å². The molecular weight excluding hydrogens is 434 g/mol. The quantitative estimate of drug-likeness (QED) is 0.263. The molecule has 1 aromatic carbocycles. The summed E-state index contributed by atoms with van der Waals surface area (Å²) >= 11 is 6.19. The highest BCUT2D eigenvalue weighted by atomic mass is 35.5. The molecule has 1 saturated heterocycles. The topological polar surface area (TPSA) is 141 Å². The number of halogens is 1. The molecule has 1 aliphatic rings. The third kappa shape index (κ3) is 5.57. The molecular formula is C19H22ClN3O8. The Balaban J connectivity index is 2.41. The molecule has 0 saturated carbocycles. The van der Waals surface area contributed by atoms with Gasteiger partial charge in [0.2, 0.25) is 0 Å². The molecule has 11 nitrogen and oxygen atoms in total. The number of carbonyl (C=O) groups is 4. The van der Waals surface area contributed by atoms with Gasteiger partial charge in [0.05, 0.1) is 25.0 Å². The van der Waals surface area contributed by atoms with Crippen LogP contribution in [0, 0.1) is 6.92 Å². The van der Waals surface area contributed by atoms with Crippen molar-refractivity contribution in [3.05, 3.63) is 34.0 Å². The molecule has 1 heterocycles. The highest BCUT2D eigenvalue weighted by Crippen LogP contribution is 2.36. The Hall–Kier alpha value is -3.47. The van der Waals surface area contributed by atoms with Crippen LogP contribution in [0.3, 0.4) is 0 Å². The maximum Gasteiger partial charge on any atom is 0.426 e. The lowest BCUT2D eigenvalue weighted by Crippen LogP contribution is -2.42. The summed E-state index contributed by atoms with van der Waals surface area (Å²) in [6.45, 7) is 6.10. The van der Waals surface area contributed by atoms with Crippen molar-refractivity contribution >= 4 is 41.2 Å². The first-order chi connectivity index (χ1) is 14.5. The predicted octanol–water partition coefficient (Wildman–Crippen LogP) is 2.18. The second kappa shape index (κ2) is 9.56. The summed E-state index contributed by atoms with van der Waals surface area (Å²) in [5.41, 5.74) is 4.24. The lowest BCUT2D eigenvalue weighted by atomic mass is 10.0. The molecule has 2 amide bonds. The van der Waals surface area contributed by atoms with Gasteiger partial charge in [-0.2, -0.15) is 0 Å². The molecule has 1 aromatic rings. The van der Waals surface area contributed by atoms with Crippen molar-refractivity contribution in [2.45, 2.75) is 33.5 Å². The van der Waals surface area contributed by atoms with Gasteiger partial charge >= 0.3 is 18.0 Å². The average Bonchev–Trinajstić information content (AvgIpc) is 2.67. The molecule has 12 heteroatoms. The highest BCUT2D eigenvalue weighted by molar-refractivity contribution is 6.32. The number of hydrazine groups is 1. The van der Waals surface area contributed by atoms with E-state index in [-0.39, 0.29) is 28.6 Å². The molecule has 1 fully saturated rings. The zero-order chi connectivity index (χ0) is 23.3. The number of benzene rings is 1. The van der Waals surface area contributed by atoms with Crippen LogP contribution in [0.5, 0.6) is 5.75 Å². The molecule has 0 spiro atoms. The SMILES string of the molecule is CCOC(=O)NNC(=O)c1c(C)c(Cl)cc(OC)c1NC=C1C(=O)OC(C)(C)OC1=O. The number of esters is 2. The fraction of sp³-hybridized carbons (Fsp3) is 0.368. The van der Waals surface area contributed by atoms with Crippen molar-refractivity contribution in [3.8, 4) is 5.75 Å². The lowest BCUT2D eigenvalue weighted by molar-refractivity contribution is -0.222. The fourth-order valence-corrected chi connectivity index (χ4v) is 2.77. The number of anilines is 1. The average molecular weight is 456 g/mol. The number of ether oxygens (including phenoxy) is 4. The largest absolute Gasteiger partial charge is 0.494 e. The Bertz CT molecular complexity index is 936. The summed E-state index contributed by atoms with van der Waals surface area (Å²) in [6.07, 6.45) is 0.162. The van der Waals surface area contributed by atoms with E-state index in [1.807, 2.05) is 0 Å². The van der Waals surface area contributed by atoms with Crippen LogP contribution in [0.25, 0.3) is 0 Å². The number of hydrogen-bond donors (Lipinski definition) is 3. The van der Waals surface area contributed by atoms with E-state index in [0.717, 1.165) is 6.20 Å². The van der Waals surface area contributed by atoms with Crippen molar-refractivity contribution in [1.29, 1.82) is 0 Å². The zero-order valence-electron chi connectivity index (χ0n) is 17.5. The molecule has 0 radical (unpaired) electrons. The Morgan fingerprint density at radius 1 is 1.19 bits per heavy atom. The molecule has 0 aromatic heterocycles. The van der Waals surface area contributed by atoms with Gasteiger partial charge in [-0.15, -0.1) is 0 Å². The number of cyclic esters (lactones) is 2. The maximum absolute atomic E-state index is 12.7.